The van der Waals surface area contributed by atoms with Gasteiger partial charge in [-0.05, 0) is 101 Å². The molecule has 0 radical (unpaired) electrons. The Hall–Kier alpha value is -2.47. The second kappa shape index (κ2) is 10.0. The van der Waals surface area contributed by atoms with Gasteiger partial charge < -0.3 is 14.5 Å². The third-order valence-electron chi connectivity index (χ3n) is 6.56. The molecule has 0 bridgehead atoms. The van der Waals surface area contributed by atoms with Crippen molar-refractivity contribution in [3.63, 3.8) is 0 Å². The van der Waals surface area contributed by atoms with Gasteiger partial charge in [-0.2, -0.15) is 0 Å². The van der Waals surface area contributed by atoms with E-state index in [1.165, 1.54) is 16.0 Å². The summed E-state index contributed by atoms with van der Waals surface area (Å²) in [6, 6.07) is 15.0. The van der Waals surface area contributed by atoms with Crippen LogP contribution in [0.25, 0.3) is 11.1 Å². The fraction of sp³-hybridized carbons (Fsp3) is 0.500. The van der Waals surface area contributed by atoms with Crippen molar-refractivity contribution in [2.45, 2.75) is 76.0 Å². The number of aryl methyl sites for hydroxylation is 1. The van der Waals surface area contributed by atoms with Crippen molar-refractivity contribution in [2.24, 2.45) is 0 Å². The molecule has 1 saturated carbocycles. The van der Waals surface area contributed by atoms with Crippen LogP contribution in [0.15, 0.2) is 47.4 Å². The number of benzene rings is 2. The first-order valence-electron chi connectivity index (χ1n) is 12.2. The monoisotopic (exact) mass is 480 g/mol. The maximum absolute atomic E-state index is 13.5. The van der Waals surface area contributed by atoms with E-state index in [1.54, 1.807) is 16.7 Å². The number of amides is 2. The highest BCUT2D eigenvalue weighted by Gasteiger charge is 2.39. The van der Waals surface area contributed by atoms with Gasteiger partial charge in [-0.25, -0.2) is 4.79 Å². The lowest BCUT2D eigenvalue weighted by atomic mass is 9.98. The van der Waals surface area contributed by atoms with E-state index in [-0.39, 0.29) is 18.0 Å². The molecule has 2 fully saturated rings. The van der Waals surface area contributed by atoms with Crippen molar-refractivity contribution in [1.29, 1.82) is 0 Å². The Balaban J connectivity index is 1.43. The number of likely N-dealkylation sites (tertiary alicyclic amines) is 1. The Morgan fingerprint density at radius 2 is 1.59 bits per heavy atom. The summed E-state index contributed by atoms with van der Waals surface area (Å²) in [6.07, 6.45) is 5.55. The lowest BCUT2D eigenvalue weighted by molar-refractivity contribution is 0.0142. The Bertz CT molecular complexity index is 1030. The SMILES string of the molecule is CSc1ccc(-c2ccc(C(=O)N(C3CC3)C3CCN(C(=O)OC(C)(C)C)CC3)cc2)c(C)c1. The summed E-state index contributed by atoms with van der Waals surface area (Å²) >= 11 is 1.74. The van der Waals surface area contributed by atoms with Crippen molar-refractivity contribution in [3.8, 4) is 11.1 Å². The minimum atomic E-state index is -0.494. The summed E-state index contributed by atoms with van der Waals surface area (Å²) in [5, 5.41) is 0. The lowest BCUT2D eigenvalue weighted by Crippen LogP contribution is -2.50. The summed E-state index contributed by atoms with van der Waals surface area (Å²) < 4.78 is 5.52. The van der Waals surface area contributed by atoms with E-state index in [1.807, 2.05) is 32.9 Å². The highest BCUT2D eigenvalue weighted by atomic mass is 32.2. The van der Waals surface area contributed by atoms with Crippen LogP contribution in [0.5, 0.6) is 0 Å². The average Bonchev–Trinajstić information content (AvgIpc) is 3.63. The summed E-state index contributed by atoms with van der Waals surface area (Å²) in [5.74, 6) is 0.110. The Labute approximate surface area is 207 Å². The molecule has 2 aromatic carbocycles. The van der Waals surface area contributed by atoms with Crippen molar-refractivity contribution >= 4 is 23.8 Å². The minimum absolute atomic E-state index is 0.110. The molecule has 0 N–H and O–H groups in total. The van der Waals surface area contributed by atoms with Gasteiger partial charge in [0.15, 0.2) is 0 Å². The molecule has 5 nitrogen and oxygen atoms in total. The fourth-order valence-corrected chi connectivity index (χ4v) is 5.16. The molecule has 1 heterocycles. The van der Waals surface area contributed by atoms with Gasteiger partial charge in [-0.1, -0.05) is 18.2 Å². The average molecular weight is 481 g/mol. The maximum Gasteiger partial charge on any atom is 0.410 e. The molecule has 2 amide bonds. The number of rotatable bonds is 5. The topological polar surface area (TPSA) is 49.9 Å². The first-order chi connectivity index (χ1) is 16.2. The molecular weight excluding hydrogens is 444 g/mol. The number of ether oxygens (including phenoxy) is 1. The van der Waals surface area contributed by atoms with E-state index in [9.17, 15) is 9.59 Å². The van der Waals surface area contributed by atoms with Crippen LogP contribution in [-0.2, 0) is 4.74 Å². The van der Waals surface area contributed by atoms with Gasteiger partial charge in [0, 0.05) is 35.6 Å². The molecule has 2 aliphatic rings. The molecule has 34 heavy (non-hydrogen) atoms. The first kappa shape index (κ1) is 24.6. The fourth-order valence-electron chi connectivity index (χ4n) is 4.66. The third-order valence-corrected chi connectivity index (χ3v) is 7.29. The van der Waals surface area contributed by atoms with Gasteiger partial charge in [0.1, 0.15) is 5.60 Å². The number of thioether (sulfide) groups is 1. The molecule has 2 aromatic rings. The molecule has 4 rings (SSSR count). The van der Waals surface area contributed by atoms with Crippen LogP contribution in [-0.4, -0.2) is 58.8 Å². The predicted octanol–water partition coefficient (Wildman–Crippen LogP) is 6.39. The lowest BCUT2D eigenvalue weighted by Gasteiger charge is -2.39. The second-order valence-electron chi connectivity index (χ2n) is 10.4. The molecule has 1 aliphatic heterocycles. The Morgan fingerprint density at radius 3 is 2.12 bits per heavy atom. The summed E-state index contributed by atoms with van der Waals surface area (Å²) in [6.45, 7) is 9.04. The van der Waals surface area contributed by atoms with Crippen LogP contribution < -0.4 is 0 Å². The van der Waals surface area contributed by atoms with Gasteiger partial charge in [-0.3, -0.25) is 4.79 Å². The number of hydrogen-bond donors (Lipinski definition) is 0. The van der Waals surface area contributed by atoms with Crippen molar-refractivity contribution < 1.29 is 14.3 Å². The van der Waals surface area contributed by atoms with E-state index in [0.29, 0.717) is 19.1 Å². The summed E-state index contributed by atoms with van der Waals surface area (Å²) in [5.41, 5.74) is 3.81. The van der Waals surface area contributed by atoms with Gasteiger partial charge in [0.25, 0.3) is 5.91 Å². The highest BCUT2D eigenvalue weighted by Crippen LogP contribution is 2.34. The van der Waals surface area contributed by atoms with Crippen molar-refractivity contribution in [1.82, 2.24) is 9.80 Å². The van der Waals surface area contributed by atoms with Gasteiger partial charge in [-0.15, -0.1) is 11.8 Å². The van der Waals surface area contributed by atoms with Crippen molar-refractivity contribution in [3.05, 3.63) is 53.6 Å². The van der Waals surface area contributed by atoms with Gasteiger partial charge in [0.05, 0.1) is 0 Å². The smallest absolute Gasteiger partial charge is 0.410 e. The van der Waals surface area contributed by atoms with Crippen molar-refractivity contribution in [2.75, 3.05) is 19.3 Å². The van der Waals surface area contributed by atoms with E-state index >= 15 is 0 Å². The second-order valence-corrected chi connectivity index (χ2v) is 11.3. The molecule has 0 unspecified atom stereocenters. The van der Waals surface area contributed by atoms with Gasteiger partial charge >= 0.3 is 6.09 Å². The van der Waals surface area contributed by atoms with Crippen LogP contribution in [0, 0.1) is 6.92 Å². The number of nitrogens with zero attached hydrogens (tertiary/aromatic N) is 2. The molecule has 0 aromatic heterocycles. The number of piperidine rings is 1. The molecule has 6 heteroatoms. The minimum Gasteiger partial charge on any atom is -0.444 e. The van der Waals surface area contributed by atoms with E-state index in [2.05, 4.69) is 48.4 Å². The molecule has 1 aliphatic carbocycles. The predicted molar refractivity (Wildman–Crippen MR) is 138 cm³/mol. The van der Waals surface area contributed by atoms with Crippen LogP contribution in [0.4, 0.5) is 4.79 Å². The largest absolute Gasteiger partial charge is 0.444 e. The summed E-state index contributed by atoms with van der Waals surface area (Å²) in [7, 11) is 0. The van der Waals surface area contributed by atoms with E-state index < -0.39 is 5.60 Å². The molecular formula is C28H36N2O3S. The zero-order valence-electron chi connectivity index (χ0n) is 21.0. The maximum atomic E-state index is 13.5. The zero-order chi connectivity index (χ0) is 24.5. The van der Waals surface area contributed by atoms with Gasteiger partial charge in [0.2, 0.25) is 0 Å². The highest BCUT2D eigenvalue weighted by molar-refractivity contribution is 7.98. The quantitative estimate of drug-likeness (QED) is 0.466. The summed E-state index contributed by atoms with van der Waals surface area (Å²) in [4.78, 5) is 31.1. The molecule has 182 valence electrons. The molecule has 0 atom stereocenters. The van der Waals surface area contributed by atoms with Crippen LogP contribution in [0.2, 0.25) is 0 Å². The molecule has 0 spiro atoms. The number of carbonyl (C=O) groups excluding carboxylic acids is 2. The van der Waals surface area contributed by atoms with Crippen LogP contribution >= 0.6 is 11.8 Å². The Morgan fingerprint density at radius 1 is 0.971 bits per heavy atom. The first-order valence-corrected chi connectivity index (χ1v) is 13.4. The molecule has 1 saturated heterocycles. The van der Waals surface area contributed by atoms with E-state index in [4.69, 9.17) is 4.74 Å². The van der Waals surface area contributed by atoms with Crippen LogP contribution in [0.3, 0.4) is 0 Å². The Kier molecular flexibility index (Phi) is 7.27. The normalized spacial score (nSPS) is 16.9. The number of carbonyl (C=O) groups is 2. The standard InChI is InChI=1S/C28H36N2O3S/c1-19-18-24(34-5)12-13-25(19)20-6-8-21(9-7-20)26(31)30(22-10-11-22)23-14-16-29(17-15-23)27(32)33-28(2,3)4/h6-9,12-13,18,22-23H,10-11,14-17H2,1-5H3. The van der Waals surface area contributed by atoms with E-state index in [0.717, 1.165) is 36.8 Å². The number of hydrogen-bond acceptors (Lipinski definition) is 4. The third kappa shape index (κ3) is 5.77. The zero-order valence-corrected chi connectivity index (χ0v) is 21.8. The van der Waals surface area contributed by atoms with Crippen LogP contribution in [0.1, 0.15) is 62.4 Å².